The van der Waals surface area contributed by atoms with Crippen molar-refractivity contribution in [3.8, 4) is 0 Å². The monoisotopic (exact) mass is 426 g/mol. The zero-order chi connectivity index (χ0) is 22.2. The van der Waals surface area contributed by atoms with Crippen LogP contribution in [0.4, 0.5) is 0 Å². The van der Waals surface area contributed by atoms with Crippen LogP contribution in [0.1, 0.15) is 28.8 Å². The molecule has 0 spiro atoms. The second-order valence-corrected chi connectivity index (χ2v) is 7.80. The van der Waals surface area contributed by atoms with Gasteiger partial charge in [-0.25, -0.2) is 4.68 Å². The van der Waals surface area contributed by atoms with Gasteiger partial charge in [-0.1, -0.05) is 60.7 Å². The number of nitrogens with one attached hydrogen (secondary N) is 1. The summed E-state index contributed by atoms with van der Waals surface area (Å²) >= 11 is 0. The predicted molar refractivity (Wildman–Crippen MR) is 122 cm³/mol. The zero-order valence-electron chi connectivity index (χ0n) is 17.8. The number of carbonyl (C=O) groups excluding carboxylic acids is 1. The van der Waals surface area contributed by atoms with Crippen molar-refractivity contribution in [2.75, 3.05) is 0 Å². The molecule has 0 unspecified atom stereocenters. The van der Waals surface area contributed by atoms with E-state index in [9.17, 15) is 9.59 Å². The molecule has 0 saturated heterocycles. The van der Waals surface area contributed by atoms with Crippen molar-refractivity contribution in [3.05, 3.63) is 106 Å². The molecule has 7 heteroatoms. The number of aromatic nitrogens is 3. The fourth-order valence-corrected chi connectivity index (χ4v) is 4.12. The van der Waals surface area contributed by atoms with Crippen molar-refractivity contribution in [1.82, 2.24) is 19.5 Å². The average molecular weight is 426 g/mol. The Morgan fingerprint density at radius 2 is 1.59 bits per heavy atom. The van der Waals surface area contributed by atoms with E-state index in [-0.39, 0.29) is 24.1 Å². The van der Waals surface area contributed by atoms with Gasteiger partial charge in [0.15, 0.2) is 5.58 Å². The molecular formula is C25H22N4O3. The molecular weight excluding hydrogens is 404 g/mol. The predicted octanol–water partition coefficient (Wildman–Crippen LogP) is 3.76. The molecule has 1 amide bonds. The van der Waals surface area contributed by atoms with E-state index in [0.29, 0.717) is 16.9 Å². The van der Waals surface area contributed by atoms with Gasteiger partial charge in [-0.15, -0.1) is 0 Å². The van der Waals surface area contributed by atoms with Crippen LogP contribution in [-0.4, -0.2) is 20.1 Å². The smallest absolute Gasteiger partial charge is 0.291 e. The van der Waals surface area contributed by atoms with Crippen molar-refractivity contribution in [3.63, 3.8) is 0 Å². The maximum atomic E-state index is 13.1. The van der Waals surface area contributed by atoms with Crippen molar-refractivity contribution in [1.29, 1.82) is 0 Å². The molecule has 7 nitrogen and oxygen atoms in total. The van der Waals surface area contributed by atoms with Gasteiger partial charge in [0.1, 0.15) is 23.6 Å². The van der Waals surface area contributed by atoms with Crippen molar-refractivity contribution >= 4 is 22.5 Å². The Morgan fingerprint density at radius 3 is 2.22 bits per heavy atom. The molecule has 2 aromatic carbocycles. The van der Waals surface area contributed by atoms with E-state index >= 15 is 0 Å². The van der Waals surface area contributed by atoms with Crippen LogP contribution in [0.2, 0.25) is 0 Å². The summed E-state index contributed by atoms with van der Waals surface area (Å²) in [6.07, 6.45) is 0. The fourth-order valence-electron chi connectivity index (χ4n) is 4.12. The molecule has 0 aliphatic carbocycles. The summed E-state index contributed by atoms with van der Waals surface area (Å²) in [6, 6.07) is 22.7. The minimum atomic E-state index is -0.342. The van der Waals surface area contributed by atoms with Crippen molar-refractivity contribution in [2.24, 2.45) is 0 Å². The molecule has 0 saturated carbocycles. The van der Waals surface area contributed by atoms with Gasteiger partial charge in [0, 0.05) is 12.1 Å². The standard InChI is InChI=1S/C25H22N4O3/c1-16-13-20-22(32-16)14-21-25(31)28(27-17(2)29(20)21)15-23(30)26-24(18-9-5-3-6-10-18)19-11-7-4-8-12-19/h3-14,24H,15H2,1-2H3,(H,26,30). The highest BCUT2D eigenvalue weighted by molar-refractivity contribution is 5.83. The number of nitrogens with zero attached hydrogens (tertiary/aromatic N) is 3. The minimum Gasteiger partial charge on any atom is -0.460 e. The number of hydrogen-bond acceptors (Lipinski definition) is 4. The molecule has 0 atom stereocenters. The van der Waals surface area contributed by atoms with Gasteiger partial charge in [0.05, 0.1) is 11.6 Å². The van der Waals surface area contributed by atoms with Crippen LogP contribution in [0.5, 0.6) is 0 Å². The number of furan rings is 1. The molecule has 3 aromatic heterocycles. The lowest BCUT2D eigenvalue weighted by Crippen LogP contribution is -2.37. The number of benzene rings is 2. The molecule has 5 aromatic rings. The summed E-state index contributed by atoms with van der Waals surface area (Å²) in [5.74, 6) is 1.07. The van der Waals surface area contributed by atoms with Gasteiger partial charge in [-0.05, 0) is 25.0 Å². The van der Waals surface area contributed by atoms with Crippen molar-refractivity contribution < 1.29 is 9.21 Å². The third-order valence-electron chi connectivity index (χ3n) is 5.52. The third kappa shape index (κ3) is 3.47. The van der Waals surface area contributed by atoms with Gasteiger partial charge in [0.25, 0.3) is 5.56 Å². The Kier molecular flexibility index (Phi) is 4.86. The summed E-state index contributed by atoms with van der Waals surface area (Å²) in [5.41, 5.74) is 3.43. The summed E-state index contributed by atoms with van der Waals surface area (Å²) in [4.78, 5) is 26.1. The first-order chi connectivity index (χ1) is 15.5. The van der Waals surface area contributed by atoms with Gasteiger partial charge in [-0.3, -0.25) is 14.0 Å². The second-order valence-electron chi connectivity index (χ2n) is 7.80. The number of rotatable bonds is 5. The highest BCUT2D eigenvalue weighted by atomic mass is 16.3. The Bertz CT molecular complexity index is 1440. The van der Waals surface area contributed by atoms with Crippen LogP contribution in [0.15, 0.2) is 82.0 Å². The van der Waals surface area contributed by atoms with Crippen molar-refractivity contribution in [2.45, 2.75) is 26.4 Å². The molecule has 160 valence electrons. The zero-order valence-corrected chi connectivity index (χ0v) is 17.8. The lowest BCUT2D eigenvalue weighted by atomic mass is 9.99. The average Bonchev–Trinajstić information content (AvgIpc) is 3.33. The van der Waals surface area contributed by atoms with Crippen LogP contribution in [-0.2, 0) is 11.3 Å². The van der Waals surface area contributed by atoms with E-state index in [0.717, 1.165) is 22.4 Å². The first-order valence-electron chi connectivity index (χ1n) is 10.4. The number of amides is 1. The number of carbonyl (C=O) groups is 1. The van der Waals surface area contributed by atoms with E-state index in [4.69, 9.17) is 4.42 Å². The molecule has 1 N–H and O–H groups in total. The van der Waals surface area contributed by atoms with E-state index < -0.39 is 0 Å². The Hall–Kier alpha value is -4.13. The van der Waals surface area contributed by atoms with E-state index in [1.54, 1.807) is 17.4 Å². The fraction of sp³-hybridized carbons (Fsp3) is 0.160. The SMILES string of the molecule is Cc1cc2c(cc3c(=O)n(CC(=O)NC(c4ccccc4)c4ccccc4)nc(C)n32)o1. The quantitative estimate of drug-likeness (QED) is 0.464. The van der Waals surface area contributed by atoms with Gasteiger partial charge < -0.3 is 9.73 Å². The summed E-state index contributed by atoms with van der Waals surface area (Å²) in [5, 5.41) is 7.45. The summed E-state index contributed by atoms with van der Waals surface area (Å²) < 4.78 is 8.63. The van der Waals surface area contributed by atoms with E-state index in [1.165, 1.54) is 4.68 Å². The van der Waals surface area contributed by atoms with Crippen LogP contribution in [0.3, 0.4) is 0 Å². The van der Waals surface area contributed by atoms with Crippen LogP contribution in [0.25, 0.3) is 16.6 Å². The highest BCUT2D eigenvalue weighted by Gasteiger charge is 2.19. The Morgan fingerprint density at radius 1 is 0.969 bits per heavy atom. The maximum Gasteiger partial charge on any atom is 0.291 e. The minimum absolute atomic E-state index is 0.183. The van der Waals surface area contributed by atoms with Crippen LogP contribution >= 0.6 is 0 Å². The molecule has 0 aliphatic heterocycles. The summed E-state index contributed by atoms with van der Waals surface area (Å²) in [7, 11) is 0. The molecule has 0 bridgehead atoms. The molecule has 0 fully saturated rings. The number of hydrogen-bond donors (Lipinski definition) is 1. The van der Waals surface area contributed by atoms with E-state index in [2.05, 4.69) is 10.4 Å². The maximum absolute atomic E-state index is 13.1. The van der Waals surface area contributed by atoms with Crippen LogP contribution < -0.4 is 10.9 Å². The first-order valence-corrected chi connectivity index (χ1v) is 10.4. The highest BCUT2D eigenvalue weighted by Crippen LogP contribution is 2.23. The Balaban J connectivity index is 1.47. The lowest BCUT2D eigenvalue weighted by molar-refractivity contribution is -0.122. The van der Waals surface area contributed by atoms with E-state index in [1.807, 2.05) is 73.7 Å². The van der Waals surface area contributed by atoms with Gasteiger partial charge in [0.2, 0.25) is 5.91 Å². The molecule has 0 radical (unpaired) electrons. The van der Waals surface area contributed by atoms with Gasteiger partial charge >= 0.3 is 0 Å². The summed E-state index contributed by atoms with van der Waals surface area (Å²) in [6.45, 7) is 3.48. The second kappa shape index (κ2) is 7.85. The molecule has 3 heterocycles. The number of fused-ring (bicyclic) bond motifs is 3. The molecule has 32 heavy (non-hydrogen) atoms. The Labute approximate surface area is 183 Å². The van der Waals surface area contributed by atoms with Gasteiger partial charge in [-0.2, -0.15) is 5.10 Å². The third-order valence-corrected chi connectivity index (χ3v) is 5.52. The lowest BCUT2D eigenvalue weighted by Gasteiger charge is -2.20. The first kappa shape index (κ1) is 19.8. The van der Waals surface area contributed by atoms with Crippen LogP contribution in [0, 0.1) is 13.8 Å². The largest absolute Gasteiger partial charge is 0.460 e. The molecule has 0 aliphatic rings. The normalized spacial score (nSPS) is 11.5. The topological polar surface area (TPSA) is 81.5 Å². The number of aryl methyl sites for hydroxylation is 2. The molecule has 5 rings (SSSR count).